The standard InChI is InChI=1S/C13H9Cl2F3N4OS/c14-7-3-8(15)11(24(23)5-13(16,17)18)4-10(7)22-12(19)9-1-2-20-6-21-9/h1-4,6H,5H2,(H2,19,22). The van der Waals surface area contributed by atoms with E-state index in [1.165, 1.54) is 24.7 Å². The fraction of sp³-hybridized carbons (Fsp3) is 0.154. The fourth-order valence-corrected chi connectivity index (χ4v) is 3.29. The highest BCUT2D eigenvalue weighted by atomic mass is 35.5. The first-order valence-corrected chi connectivity index (χ1v) is 8.29. The number of hydrogen-bond donors (Lipinski definition) is 1. The first kappa shape index (κ1) is 18.6. The molecule has 1 aromatic carbocycles. The first-order chi connectivity index (χ1) is 11.2. The average Bonchev–Trinajstić information content (AvgIpc) is 2.49. The van der Waals surface area contributed by atoms with Crippen molar-refractivity contribution in [1.29, 1.82) is 0 Å². The van der Waals surface area contributed by atoms with Gasteiger partial charge in [-0.3, -0.25) is 4.21 Å². The zero-order valence-corrected chi connectivity index (χ0v) is 14.0. The molecule has 0 bridgehead atoms. The number of aliphatic imine (C=N–C) groups is 1. The average molecular weight is 397 g/mol. The highest BCUT2D eigenvalue weighted by Crippen LogP contribution is 2.34. The molecule has 2 rings (SSSR count). The molecule has 0 radical (unpaired) electrons. The molecule has 2 aromatic rings. The van der Waals surface area contributed by atoms with Crippen LogP contribution < -0.4 is 5.73 Å². The number of benzene rings is 1. The number of nitrogens with two attached hydrogens (primary N) is 1. The van der Waals surface area contributed by atoms with Crippen molar-refractivity contribution in [2.24, 2.45) is 10.7 Å². The number of aromatic nitrogens is 2. The van der Waals surface area contributed by atoms with E-state index in [1.807, 2.05) is 0 Å². The van der Waals surface area contributed by atoms with Crippen molar-refractivity contribution >= 4 is 45.5 Å². The molecule has 0 saturated carbocycles. The maximum absolute atomic E-state index is 12.4. The van der Waals surface area contributed by atoms with Gasteiger partial charge in [-0.25, -0.2) is 15.0 Å². The van der Waals surface area contributed by atoms with Crippen LogP contribution in [0.15, 0.2) is 40.6 Å². The van der Waals surface area contributed by atoms with E-state index in [1.54, 1.807) is 0 Å². The van der Waals surface area contributed by atoms with Gasteiger partial charge in [0, 0.05) is 6.20 Å². The minimum atomic E-state index is -4.60. The third kappa shape index (κ3) is 4.89. The molecule has 128 valence electrons. The Morgan fingerprint density at radius 1 is 1.29 bits per heavy atom. The zero-order chi connectivity index (χ0) is 17.9. The molecule has 0 aliphatic rings. The molecule has 0 saturated heterocycles. The van der Waals surface area contributed by atoms with Crippen molar-refractivity contribution in [3.63, 3.8) is 0 Å². The van der Waals surface area contributed by atoms with Gasteiger partial charge in [-0.2, -0.15) is 13.2 Å². The predicted molar refractivity (Wildman–Crippen MR) is 86.2 cm³/mol. The second-order valence-electron chi connectivity index (χ2n) is 4.43. The van der Waals surface area contributed by atoms with Gasteiger partial charge in [-0.05, 0) is 18.2 Å². The van der Waals surface area contributed by atoms with Crippen molar-refractivity contribution in [2.45, 2.75) is 11.1 Å². The lowest BCUT2D eigenvalue weighted by Crippen LogP contribution is -2.18. The molecule has 0 amide bonds. The van der Waals surface area contributed by atoms with E-state index in [4.69, 9.17) is 28.9 Å². The van der Waals surface area contributed by atoms with Gasteiger partial charge in [0.25, 0.3) is 0 Å². The lowest BCUT2D eigenvalue weighted by molar-refractivity contribution is -0.105. The van der Waals surface area contributed by atoms with E-state index in [0.717, 1.165) is 6.07 Å². The Balaban J connectivity index is 2.41. The summed E-state index contributed by atoms with van der Waals surface area (Å²) in [6.45, 7) is 0. The fourth-order valence-electron chi connectivity index (χ4n) is 1.63. The summed E-state index contributed by atoms with van der Waals surface area (Å²) in [5.74, 6) is -1.56. The van der Waals surface area contributed by atoms with Crippen LogP contribution in [0.4, 0.5) is 18.9 Å². The van der Waals surface area contributed by atoms with E-state index in [-0.39, 0.29) is 26.5 Å². The van der Waals surface area contributed by atoms with Gasteiger partial charge in [0.05, 0.1) is 31.4 Å². The van der Waals surface area contributed by atoms with Gasteiger partial charge in [0.15, 0.2) is 0 Å². The maximum Gasteiger partial charge on any atom is 0.400 e. The summed E-state index contributed by atoms with van der Waals surface area (Å²) >= 11 is 11.8. The van der Waals surface area contributed by atoms with E-state index in [2.05, 4.69) is 15.0 Å². The van der Waals surface area contributed by atoms with Crippen molar-refractivity contribution < 1.29 is 17.4 Å². The number of rotatable bonds is 4. The molecule has 1 heterocycles. The quantitative estimate of drug-likeness (QED) is 0.633. The van der Waals surface area contributed by atoms with E-state index in [0.29, 0.717) is 5.69 Å². The summed E-state index contributed by atoms with van der Waals surface area (Å²) in [4.78, 5) is 11.4. The molecule has 0 spiro atoms. The van der Waals surface area contributed by atoms with Crippen LogP contribution in [-0.2, 0) is 10.8 Å². The second kappa shape index (κ2) is 7.45. The molecule has 5 nitrogen and oxygen atoms in total. The minimum Gasteiger partial charge on any atom is -0.382 e. The van der Waals surface area contributed by atoms with Crippen LogP contribution in [0, 0.1) is 0 Å². The van der Waals surface area contributed by atoms with Gasteiger partial charge in [-0.15, -0.1) is 0 Å². The summed E-state index contributed by atoms with van der Waals surface area (Å²) in [6.07, 6.45) is -1.90. The number of hydrogen-bond acceptors (Lipinski definition) is 4. The Kier molecular flexibility index (Phi) is 5.79. The molecule has 0 aliphatic heterocycles. The summed E-state index contributed by atoms with van der Waals surface area (Å²) in [6, 6.07) is 3.77. The van der Waals surface area contributed by atoms with Crippen LogP contribution in [0.3, 0.4) is 0 Å². The molecule has 1 aromatic heterocycles. The Labute approximate surface area is 147 Å². The number of alkyl halides is 3. The van der Waals surface area contributed by atoms with Gasteiger partial charge >= 0.3 is 6.18 Å². The van der Waals surface area contributed by atoms with Crippen LogP contribution in [0.5, 0.6) is 0 Å². The van der Waals surface area contributed by atoms with Gasteiger partial charge in [0.1, 0.15) is 23.6 Å². The molecule has 2 N–H and O–H groups in total. The molecular weight excluding hydrogens is 388 g/mol. The Morgan fingerprint density at radius 2 is 2.00 bits per heavy atom. The highest BCUT2D eigenvalue weighted by molar-refractivity contribution is 7.85. The molecule has 24 heavy (non-hydrogen) atoms. The Hall–Kier alpha value is -1.71. The predicted octanol–water partition coefficient (Wildman–Crippen LogP) is 3.49. The smallest absolute Gasteiger partial charge is 0.382 e. The second-order valence-corrected chi connectivity index (χ2v) is 6.66. The first-order valence-electron chi connectivity index (χ1n) is 6.22. The topological polar surface area (TPSA) is 81.2 Å². The molecular formula is C13H9Cl2F3N4OS. The summed E-state index contributed by atoms with van der Waals surface area (Å²) in [7, 11) is -2.39. The number of nitrogens with zero attached hydrogens (tertiary/aromatic N) is 3. The van der Waals surface area contributed by atoms with Gasteiger partial charge in [0.2, 0.25) is 0 Å². The molecule has 0 fully saturated rings. The molecule has 11 heteroatoms. The normalized spacial score (nSPS) is 13.8. The van der Waals surface area contributed by atoms with E-state index < -0.39 is 22.7 Å². The summed E-state index contributed by atoms with van der Waals surface area (Å²) in [5, 5.41) is -0.105. The number of amidine groups is 1. The number of halogens is 5. The Morgan fingerprint density at radius 3 is 2.58 bits per heavy atom. The van der Waals surface area contributed by atoms with Crippen LogP contribution in [0.25, 0.3) is 0 Å². The SMILES string of the molecule is NC(=Nc1cc(S(=O)CC(F)(F)F)c(Cl)cc1Cl)c1ccncn1. The lowest BCUT2D eigenvalue weighted by Gasteiger charge is -2.10. The highest BCUT2D eigenvalue weighted by Gasteiger charge is 2.32. The van der Waals surface area contributed by atoms with E-state index in [9.17, 15) is 17.4 Å². The third-order valence-corrected chi connectivity index (χ3v) is 4.77. The third-order valence-electron chi connectivity index (χ3n) is 2.63. The van der Waals surface area contributed by atoms with Crippen molar-refractivity contribution in [2.75, 3.05) is 5.75 Å². The van der Waals surface area contributed by atoms with E-state index >= 15 is 0 Å². The van der Waals surface area contributed by atoms with Crippen LogP contribution in [0.2, 0.25) is 10.0 Å². The molecule has 1 unspecified atom stereocenters. The van der Waals surface area contributed by atoms with Crippen molar-refractivity contribution in [3.05, 3.63) is 46.5 Å². The summed E-state index contributed by atoms with van der Waals surface area (Å²) < 4.78 is 49.1. The van der Waals surface area contributed by atoms with Gasteiger partial charge in [-0.1, -0.05) is 23.2 Å². The Bertz CT molecular complexity index is 800. The summed E-state index contributed by atoms with van der Waals surface area (Å²) in [5.41, 5.74) is 6.10. The maximum atomic E-state index is 12.4. The zero-order valence-electron chi connectivity index (χ0n) is 11.7. The van der Waals surface area contributed by atoms with Crippen LogP contribution in [0.1, 0.15) is 5.69 Å². The van der Waals surface area contributed by atoms with Crippen molar-refractivity contribution in [1.82, 2.24) is 9.97 Å². The van der Waals surface area contributed by atoms with Crippen molar-refractivity contribution in [3.8, 4) is 0 Å². The minimum absolute atomic E-state index is 0.0303. The largest absolute Gasteiger partial charge is 0.400 e. The van der Waals surface area contributed by atoms with Gasteiger partial charge < -0.3 is 5.73 Å². The van der Waals surface area contributed by atoms with Crippen LogP contribution in [-0.4, -0.2) is 31.9 Å². The lowest BCUT2D eigenvalue weighted by atomic mass is 10.3. The monoisotopic (exact) mass is 396 g/mol. The van der Waals surface area contributed by atoms with Crippen LogP contribution >= 0.6 is 23.2 Å². The molecule has 1 atom stereocenters. The molecule has 0 aliphatic carbocycles.